The van der Waals surface area contributed by atoms with Crippen LogP contribution in [0.5, 0.6) is 5.75 Å². The number of halogens is 1. The molecule has 6 nitrogen and oxygen atoms in total. The number of ether oxygens (including phenoxy) is 1. The van der Waals surface area contributed by atoms with Crippen LogP contribution >= 0.6 is 24.0 Å². The lowest BCUT2D eigenvalue weighted by Gasteiger charge is -2.16. The molecule has 0 radical (unpaired) electrons. The van der Waals surface area contributed by atoms with Crippen molar-refractivity contribution in [3.05, 3.63) is 64.7 Å². The highest BCUT2D eigenvalue weighted by Gasteiger charge is 2.19. The molecular weight excluding hydrogens is 503 g/mol. The second-order valence-electron chi connectivity index (χ2n) is 7.60. The van der Waals surface area contributed by atoms with E-state index in [1.54, 1.807) is 7.11 Å². The SMILES string of the molecule is CCNC(=NCc1cccc(CN2CCCC2=O)c1)NCc1ccc(C)cc1OC.I. The molecule has 0 aromatic heterocycles. The van der Waals surface area contributed by atoms with E-state index in [2.05, 4.69) is 54.8 Å². The van der Waals surface area contributed by atoms with Gasteiger partial charge in [0.05, 0.1) is 13.7 Å². The van der Waals surface area contributed by atoms with Crippen molar-refractivity contribution in [3.8, 4) is 5.75 Å². The van der Waals surface area contributed by atoms with Crippen molar-refractivity contribution in [3.63, 3.8) is 0 Å². The quantitative estimate of drug-likeness (QED) is 0.304. The highest BCUT2D eigenvalue weighted by atomic mass is 127. The van der Waals surface area contributed by atoms with Crippen molar-refractivity contribution in [2.75, 3.05) is 20.2 Å². The Bertz CT molecular complexity index is 901. The van der Waals surface area contributed by atoms with Crippen molar-refractivity contribution in [2.24, 2.45) is 4.99 Å². The standard InChI is InChI=1S/C24H32N4O2.HI/c1-4-25-24(27-16-21-11-10-18(2)13-22(21)30-3)26-15-19-7-5-8-20(14-19)17-28-12-6-9-23(28)29;/h5,7-8,10-11,13-14H,4,6,9,12,15-17H2,1-3H3,(H2,25,26,27);1H. The largest absolute Gasteiger partial charge is 0.496 e. The molecule has 31 heavy (non-hydrogen) atoms. The molecule has 1 saturated heterocycles. The van der Waals surface area contributed by atoms with Crippen LogP contribution in [-0.4, -0.2) is 37.0 Å². The van der Waals surface area contributed by atoms with Gasteiger partial charge >= 0.3 is 0 Å². The van der Waals surface area contributed by atoms with Gasteiger partial charge in [-0.05, 0) is 43.0 Å². The average molecular weight is 536 g/mol. The Morgan fingerprint density at radius 3 is 2.68 bits per heavy atom. The van der Waals surface area contributed by atoms with E-state index in [1.807, 2.05) is 17.0 Å². The summed E-state index contributed by atoms with van der Waals surface area (Å²) in [5.41, 5.74) is 4.54. The summed E-state index contributed by atoms with van der Waals surface area (Å²) < 4.78 is 5.49. The van der Waals surface area contributed by atoms with E-state index in [9.17, 15) is 4.79 Å². The lowest BCUT2D eigenvalue weighted by Crippen LogP contribution is -2.36. The van der Waals surface area contributed by atoms with Gasteiger partial charge in [0.2, 0.25) is 5.91 Å². The normalized spacial score (nSPS) is 13.7. The number of rotatable bonds is 8. The van der Waals surface area contributed by atoms with E-state index < -0.39 is 0 Å². The molecule has 0 atom stereocenters. The van der Waals surface area contributed by atoms with Crippen molar-refractivity contribution in [2.45, 2.75) is 46.3 Å². The number of aryl methyl sites for hydroxylation is 1. The summed E-state index contributed by atoms with van der Waals surface area (Å²) in [5.74, 6) is 1.89. The monoisotopic (exact) mass is 536 g/mol. The van der Waals surface area contributed by atoms with Crippen molar-refractivity contribution >= 4 is 35.8 Å². The zero-order valence-corrected chi connectivity index (χ0v) is 20.9. The first-order valence-corrected chi connectivity index (χ1v) is 10.6. The Hall–Kier alpha value is -2.29. The minimum atomic E-state index is 0. The van der Waals surface area contributed by atoms with Crippen LogP contribution in [0.4, 0.5) is 0 Å². The molecule has 1 fully saturated rings. The van der Waals surface area contributed by atoms with E-state index in [0.29, 0.717) is 26.1 Å². The lowest BCUT2D eigenvalue weighted by molar-refractivity contribution is -0.128. The zero-order valence-electron chi connectivity index (χ0n) is 18.6. The van der Waals surface area contributed by atoms with Crippen LogP contribution in [0.25, 0.3) is 0 Å². The maximum absolute atomic E-state index is 11.9. The second-order valence-corrected chi connectivity index (χ2v) is 7.60. The molecule has 0 spiro atoms. The molecule has 1 heterocycles. The number of hydrogen-bond acceptors (Lipinski definition) is 3. The Morgan fingerprint density at radius 1 is 1.16 bits per heavy atom. The summed E-state index contributed by atoms with van der Waals surface area (Å²) in [6.07, 6.45) is 1.64. The molecule has 0 aliphatic carbocycles. The Morgan fingerprint density at radius 2 is 1.97 bits per heavy atom. The molecule has 2 aromatic rings. The van der Waals surface area contributed by atoms with Gasteiger partial charge < -0.3 is 20.3 Å². The van der Waals surface area contributed by atoms with Gasteiger partial charge in [-0.1, -0.05) is 36.4 Å². The van der Waals surface area contributed by atoms with Gasteiger partial charge in [-0.3, -0.25) is 4.79 Å². The van der Waals surface area contributed by atoms with Gasteiger partial charge in [0.1, 0.15) is 5.75 Å². The molecule has 0 saturated carbocycles. The van der Waals surface area contributed by atoms with Gasteiger partial charge in [0.25, 0.3) is 0 Å². The van der Waals surface area contributed by atoms with Crippen LogP contribution in [0.1, 0.15) is 42.0 Å². The third kappa shape index (κ3) is 7.41. The van der Waals surface area contributed by atoms with Crippen LogP contribution in [-0.2, 0) is 24.4 Å². The Balaban J connectivity index is 0.00000341. The van der Waals surface area contributed by atoms with Crippen LogP contribution < -0.4 is 15.4 Å². The van der Waals surface area contributed by atoms with Gasteiger partial charge in [0, 0.05) is 38.2 Å². The minimum absolute atomic E-state index is 0. The van der Waals surface area contributed by atoms with E-state index in [1.165, 1.54) is 5.56 Å². The number of hydrogen-bond donors (Lipinski definition) is 2. The van der Waals surface area contributed by atoms with Crippen LogP contribution in [0.2, 0.25) is 0 Å². The highest BCUT2D eigenvalue weighted by molar-refractivity contribution is 14.0. The maximum Gasteiger partial charge on any atom is 0.222 e. The van der Waals surface area contributed by atoms with Crippen LogP contribution in [0.3, 0.4) is 0 Å². The summed E-state index contributed by atoms with van der Waals surface area (Å²) in [5, 5.41) is 6.68. The van der Waals surface area contributed by atoms with Crippen LogP contribution in [0.15, 0.2) is 47.5 Å². The number of nitrogens with one attached hydrogen (secondary N) is 2. The second kappa shape index (κ2) is 12.5. The number of guanidine groups is 1. The first kappa shape index (κ1) is 25.0. The molecule has 1 amide bonds. The number of carbonyl (C=O) groups is 1. The number of carbonyl (C=O) groups excluding carboxylic acids is 1. The number of aliphatic imine (C=N–C) groups is 1. The molecule has 2 N–H and O–H groups in total. The summed E-state index contributed by atoms with van der Waals surface area (Å²) in [6, 6.07) is 14.5. The van der Waals surface area contributed by atoms with Crippen LogP contribution in [0, 0.1) is 6.92 Å². The third-order valence-electron chi connectivity index (χ3n) is 5.19. The van der Waals surface area contributed by atoms with Crippen molar-refractivity contribution in [1.82, 2.24) is 15.5 Å². The summed E-state index contributed by atoms with van der Waals surface area (Å²) in [4.78, 5) is 18.5. The van der Waals surface area contributed by atoms with Gasteiger partial charge in [-0.15, -0.1) is 24.0 Å². The fourth-order valence-electron chi connectivity index (χ4n) is 3.61. The van der Waals surface area contributed by atoms with E-state index >= 15 is 0 Å². The molecule has 3 rings (SSSR count). The summed E-state index contributed by atoms with van der Waals surface area (Å²) >= 11 is 0. The number of nitrogens with zero attached hydrogens (tertiary/aromatic N) is 2. The highest BCUT2D eigenvalue weighted by Crippen LogP contribution is 2.19. The fourth-order valence-corrected chi connectivity index (χ4v) is 3.61. The third-order valence-corrected chi connectivity index (χ3v) is 5.19. The number of benzene rings is 2. The van der Waals surface area contributed by atoms with Crippen molar-refractivity contribution in [1.29, 1.82) is 0 Å². The Kier molecular flexibility index (Phi) is 10.1. The van der Waals surface area contributed by atoms with E-state index in [0.717, 1.165) is 47.9 Å². The number of methoxy groups -OCH3 is 1. The smallest absolute Gasteiger partial charge is 0.222 e. The molecule has 1 aliphatic heterocycles. The summed E-state index contributed by atoms with van der Waals surface area (Å²) in [7, 11) is 1.69. The van der Waals surface area contributed by atoms with Crippen molar-refractivity contribution < 1.29 is 9.53 Å². The first-order chi connectivity index (χ1) is 14.6. The fraction of sp³-hybridized carbons (Fsp3) is 0.417. The predicted molar refractivity (Wildman–Crippen MR) is 136 cm³/mol. The topological polar surface area (TPSA) is 66.0 Å². The molecule has 0 unspecified atom stereocenters. The number of likely N-dealkylation sites (tertiary alicyclic amines) is 1. The van der Waals surface area contributed by atoms with E-state index in [4.69, 9.17) is 9.73 Å². The van der Waals surface area contributed by atoms with E-state index in [-0.39, 0.29) is 29.9 Å². The lowest BCUT2D eigenvalue weighted by atomic mass is 10.1. The zero-order chi connectivity index (χ0) is 21.3. The average Bonchev–Trinajstić information content (AvgIpc) is 3.15. The molecule has 2 aromatic carbocycles. The van der Waals surface area contributed by atoms with Gasteiger partial charge in [0.15, 0.2) is 5.96 Å². The molecule has 7 heteroatoms. The molecular formula is C24H33IN4O2. The molecule has 0 bridgehead atoms. The minimum Gasteiger partial charge on any atom is -0.496 e. The Labute approximate surface area is 202 Å². The molecule has 1 aliphatic rings. The number of amides is 1. The maximum atomic E-state index is 11.9. The predicted octanol–water partition coefficient (Wildman–Crippen LogP) is 4.00. The van der Waals surface area contributed by atoms with Gasteiger partial charge in [-0.2, -0.15) is 0 Å². The first-order valence-electron chi connectivity index (χ1n) is 10.6. The molecule has 168 valence electrons. The summed E-state index contributed by atoms with van der Waals surface area (Å²) in [6.45, 7) is 7.64. The van der Waals surface area contributed by atoms with Gasteiger partial charge in [-0.25, -0.2) is 4.99 Å².